The molecule has 0 saturated carbocycles. The van der Waals surface area contributed by atoms with Crippen LogP contribution < -0.4 is 0 Å². The first kappa shape index (κ1) is 13.7. The minimum atomic E-state index is -0.575. The average Bonchev–Trinajstić information content (AvgIpc) is 2.90. The molecule has 1 aromatic heterocycles. The summed E-state index contributed by atoms with van der Waals surface area (Å²) in [6, 6.07) is 1.12. The van der Waals surface area contributed by atoms with Gasteiger partial charge in [-0.05, 0) is 6.07 Å². The second-order valence-electron chi connectivity index (χ2n) is 4.89. The number of ether oxygens (including phenoxy) is 2. The molecule has 0 unspecified atom stereocenters. The number of nitrogens with zero attached hydrogens (tertiary/aromatic N) is 2. The van der Waals surface area contributed by atoms with Crippen LogP contribution >= 0.6 is 11.6 Å². The number of hydrogen-bond donors (Lipinski definition) is 0. The van der Waals surface area contributed by atoms with Gasteiger partial charge in [-0.15, -0.1) is 0 Å². The van der Waals surface area contributed by atoms with Crippen LogP contribution in [0.4, 0.5) is 4.39 Å². The maximum atomic E-state index is 13.2. The van der Waals surface area contributed by atoms with E-state index in [1.807, 2.05) is 0 Å². The average molecular weight is 301 g/mol. The van der Waals surface area contributed by atoms with E-state index in [-0.39, 0.29) is 16.6 Å². The molecule has 5 nitrogen and oxygen atoms in total. The third-order valence-electron chi connectivity index (χ3n) is 3.66. The van der Waals surface area contributed by atoms with E-state index >= 15 is 0 Å². The smallest absolute Gasteiger partial charge is 0.257 e. The fourth-order valence-electron chi connectivity index (χ4n) is 2.58. The van der Waals surface area contributed by atoms with Gasteiger partial charge in [0.05, 0.1) is 25.0 Å². The van der Waals surface area contributed by atoms with Gasteiger partial charge in [-0.1, -0.05) is 11.6 Å². The summed E-state index contributed by atoms with van der Waals surface area (Å²) >= 11 is 5.86. The second-order valence-corrected chi connectivity index (χ2v) is 5.25. The number of carbonyl (C=O) groups excluding carboxylic acids is 1. The Kier molecular flexibility index (Phi) is 3.62. The topological polar surface area (TPSA) is 51.7 Å². The van der Waals surface area contributed by atoms with Crippen molar-refractivity contribution in [1.82, 2.24) is 9.88 Å². The van der Waals surface area contributed by atoms with Gasteiger partial charge in [-0.2, -0.15) is 0 Å². The minimum absolute atomic E-state index is 0.0186. The van der Waals surface area contributed by atoms with E-state index in [9.17, 15) is 9.18 Å². The Balaban J connectivity index is 1.71. The first-order valence-corrected chi connectivity index (χ1v) is 6.86. The normalized spacial score (nSPS) is 21.4. The van der Waals surface area contributed by atoms with Gasteiger partial charge in [-0.3, -0.25) is 4.79 Å². The van der Waals surface area contributed by atoms with Crippen molar-refractivity contribution in [3.63, 3.8) is 0 Å². The molecule has 3 rings (SSSR count). The highest BCUT2D eigenvalue weighted by Gasteiger charge is 2.41. The molecular weight excluding hydrogens is 287 g/mol. The fraction of sp³-hybridized carbons (Fsp3) is 0.538. The summed E-state index contributed by atoms with van der Waals surface area (Å²) in [6.45, 7) is 2.17. The zero-order valence-corrected chi connectivity index (χ0v) is 11.5. The molecule has 2 saturated heterocycles. The second kappa shape index (κ2) is 5.27. The monoisotopic (exact) mass is 300 g/mol. The first-order valence-electron chi connectivity index (χ1n) is 6.48. The van der Waals surface area contributed by atoms with E-state index in [1.165, 1.54) is 0 Å². The van der Waals surface area contributed by atoms with Crippen LogP contribution in [0.5, 0.6) is 0 Å². The van der Waals surface area contributed by atoms with Gasteiger partial charge >= 0.3 is 0 Å². The van der Waals surface area contributed by atoms with E-state index in [0.717, 1.165) is 12.3 Å². The van der Waals surface area contributed by atoms with Crippen LogP contribution in [0.25, 0.3) is 0 Å². The van der Waals surface area contributed by atoms with Gasteiger partial charge in [0, 0.05) is 25.9 Å². The molecule has 7 heteroatoms. The zero-order chi connectivity index (χ0) is 14.2. The Bertz CT molecular complexity index is 524. The summed E-state index contributed by atoms with van der Waals surface area (Å²) in [7, 11) is 0. The molecule has 2 fully saturated rings. The van der Waals surface area contributed by atoms with Crippen LogP contribution in [0.3, 0.4) is 0 Å². The summed E-state index contributed by atoms with van der Waals surface area (Å²) in [4.78, 5) is 17.6. The molecule has 0 aliphatic carbocycles. The van der Waals surface area contributed by atoms with Crippen LogP contribution in [0.15, 0.2) is 12.3 Å². The Labute approximate surface area is 120 Å². The highest BCUT2D eigenvalue weighted by atomic mass is 35.5. The molecule has 108 valence electrons. The molecule has 1 aromatic rings. The molecule has 2 aliphatic heterocycles. The number of likely N-dealkylation sites (tertiary alicyclic amines) is 1. The standard InChI is InChI=1S/C13H14ClFN2O3/c14-11-10(7-9(15)8-16-11)12(18)17-3-1-13(2-4-17)19-5-6-20-13/h7-8H,1-6H2. The molecule has 2 aliphatic rings. The number of aromatic nitrogens is 1. The van der Waals surface area contributed by atoms with Crippen molar-refractivity contribution < 1.29 is 18.7 Å². The largest absolute Gasteiger partial charge is 0.347 e. The molecule has 0 bridgehead atoms. The quantitative estimate of drug-likeness (QED) is 0.743. The van der Waals surface area contributed by atoms with Crippen molar-refractivity contribution in [3.05, 3.63) is 28.8 Å². The molecule has 0 N–H and O–H groups in total. The molecular formula is C13H14ClFN2O3. The highest BCUT2D eigenvalue weighted by molar-refractivity contribution is 6.32. The van der Waals surface area contributed by atoms with E-state index in [4.69, 9.17) is 21.1 Å². The van der Waals surface area contributed by atoms with Gasteiger partial charge in [0.2, 0.25) is 0 Å². The number of hydrogen-bond acceptors (Lipinski definition) is 4. The first-order chi connectivity index (χ1) is 9.60. The Morgan fingerprint density at radius 1 is 1.35 bits per heavy atom. The van der Waals surface area contributed by atoms with Crippen LogP contribution in [0.1, 0.15) is 23.2 Å². The Morgan fingerprint density at radius 3 is 2.65 bits per heavy atom. The number of piperidine rings is 1. The Morgan fingerprint density at radius 2 is 2.00 bits per heavy atom. The zero-order valence-electron chi connectivity index (χ0n) is 10.8. The van der Waals surface area contributed by atoms with E-state index in [1.54, 1.807) is 4.90 Å². The molecule has 3 heterocycles. The molecule has 1 amide bonds. The third kappa shape index (κ3) is 2.51. The van der Waals surface area contributed by atoms with Crippen LogP contribution in [-0.2, 0) is 9.47 Å². The molecule has 0 aromatic carbocycles. The maximum absolute atomic E-state index is 13.2. The molecule has 20 heavy (non-hydrogen) atoms. The minimum Gasteiger partial charge on any atom is -0.347 e. The van der Waals surface area contributed by atoms with Crippen molar-refractivity contribution in [1.29, 1.82) is 0 Å². The SMILES string of the molecule is O=C(c1cc(F)cnc1Cl)N1CCC2(CC1)OCCO2. The number of halogens is 2. The lowest BCUT2D eigenvalue weighted by atomic mass is 10.0. The van der Waals surface area contributed by atoms with E-state index < -0.39 is 11.6 Å². The number of amides is 1. The highest BCUT2D eigenvalue weighted by Crippen LogP contribution is 2.32. The fourth-order valence-corrected chi connectivity index (χ4v) is 2.76. The van der Waals surface area contributed by atoms with Gasteiger partial charge in [0.15, 0.2) is 5.79 Å². The number of rotatable bonds is 1. The van der Waals surface area contributed by atoms with Crippen molar-refractivity contribution in [2.75, 3.05) is 26.3 Å². The van der Waals surface area contributed by atoms with Crippen LogP contribution in [0, 0.1) is 5.82 Å². The summed E-state index contributed by atoms with van der Waals surface area (Å²) in [5.74, 6) is -1.43. The van der Waals surface area contributed by atoms with Crippen molar-refractivity contribution in [2.45, 2.75) is 18.6 Å². The summed E-state index contributed by atoms with van der Waals surface area (Å²) < 4.78 is 24.4. The van der Waals surface area contributed by atoms with Crippen LogP contribution in [0.2, 0.25) is 5.15 Å². The van der Waals surface area contributed by atoms with Crippen LogP contribution in [-0.4, -0.2) is 47.9 Å². The number of carbonyl (C=O) groups is 1. The van der Waals surface area contributed by atoms with Gasteiger partial charge in [0.1, 0.15) is 11.0 Å². The van der Waals surface area contributed by atoms with E-state index in [0.29, 0.717) is 39.1 Å². The van der Waals surface area contributed by atoms with Gasteiger partial charge in [0.25, 0.3) is 5.91 Å². The summed E-state index contributed by atoms with van der Waals surface area (Å²) in [6.07, 6.45) is 2.21. The number of pyridine rings is 1. The molecule has 0 radical (unpaired) electrons. The van der Waals surface area contributed by atoms with Crippen molar-refractivity contribution in [3.8, 4) is 0 Å². The Hall–Kier alpha value is -1.24. The lowest BCUT2D eigenvalue weighted by Crippen LogP contribution is -2.47. The third-order valence-corrected chi connectivity index (χ3v) is 3.96. The maximum Gasteiger partial charge on any atom is 0.257 e. The summed E-state index contributed by atoms with van der Waals surface area (Å²) in [5.41, 5.74) is 0.0934. The van der Waals surface area contributed by atoms with E-state index in [2.05, 4.69) is 4.98 Å². The lowest BCUT2D eigenvalue weighted by Gasteiger charge is -2.37. The molecule has 1 spiro atoms. The predicted molar refractivity (Wildman–Crippen MR) is 69.0 cm³/mol. The van der Waals surface area contributed by atoms with Gasteiger partial charge in [-0.25, -0.2) is 9.37 Å². The van der Waals surface area contributed by atoms with Crippen molar-refractivity contribution in [2.24, 2.45) is 0 Å². The van der Waals surface area contributed by atoms with Crippen molar-refractivity contribution >= 4 is 17.5 Å². The lowest BCUT2D eigenvalue weighted by molar-refractivity contribution is -0.181. The summed E-state index contributed by atoms with van der Waals surface area (Å²) in [5, 5.41) is 0.0186. The predicted octanol–water partition coefficient (Wildman–Crippen LogP) is 1.85. The molecule has 0 atom stereocenters. The van der Waals surface area contributed by atoms with Gasteiger partial charge < -0.3 is 14.4 Å².